The van der Waals surface area contributed by atoms with Gasteiger partial charge < -0.3 is 9.57 Å². The van der Waals surface area contributed by atoms with Crippen LogP contribution in [-0.4, -0.2) is 25.5 Å². The molecular formula is C26H27N5O3. The van der Waals surface area contributed by atoms with Crippen LogP contribution in [0.3, 0.4) is 0 Å². The van der Waals surface area contributed by atoms with Crippen LogP contribution in [0.25, 0.3) is 5.69 Å². The Morgan fingerprint density at radius 3 is 2.44 bits per heavy atom. The standard InChI is InChI=1S/C26H27N5O3/c1-18-9-8-12-24(31-26(32)30(4)28-29-31)23(18)17-33-25-14-13-22(15-19(25)2)20(3)27-34-16-21-10-6-5-7-11-21/h5-15H,16-17H2,1-4H3/b27-20-. The third kappa shape index (κ3) is 5.06. The molecule has 8 nitrogen and oxygen atoms in total. The van der Waals surface area contributed by atoms with Gasteiger partial charge in [0.15, 0.2) is 0 Å². The van der Waals surface area contributed by atoms with Gasteiger partial charge in [0.25, 0.3) is 0 Å². The molecule has 3 aromatic carbocycles. The van der Waals surface area contributed by atoms with Gasteiger partial charge >= 0.3 is 5.69 Å². The quantitative estimate of drug-likeness (QED) is 0.294. The van der Waals surface area contributed by atoms with Gasteiger partial charge in [0.1, 0.15) is 19.0 Å². The highest BCUT2D eigenvalue weighted by Gasteiger charge is 2.14. The first-order valence-electron chi connectivity index (χ1n) is 11.0. The first kappa shape index (κ1) is 23.0. The molecule has 0 fully saturated rings. The maximum absolute atomic E-state index is 12.4. The third-order valence-electron chi connectivity index (χ3n) is 5.58. The molecule has 0 N–H and O–H groups in total. The summed E-state index contributed by atoms with van der Waals surface area (Å²) in [5.41, 5.74) is 6.01. The van der Waals surface area contributed by atoms with E-state index in [4.69, 9.17) is 9.57 Å². The predicted octanol–water partition coefficient (Wildman–Crippen LogP) is 4.10. The molecule has 0 spiro atoms. The van der Waals surface area contributed by atoms with Crippen LogP contribution in [0, 0.1) is 13.8 Å². The Morgan fingerprint density at radius 1 is 0.941 bits per heavy atom. The van der Waals surface area contributed by atoms with Gasteiger partial charge in [-0.3, -0.25) is 0 Å². The number of hydrogen-bond donors (Lipinski definition) is 0. The summed E-state index contributed by atoms with van der Waals surface area (Å²) in [5, 5.41) is 12.0. The van der Waals surface area contributed by atoms with E-state index < -0.39 is 0 Å². The van der Waals surface area contributed by atoms with Crippen molar-refractivity contribution in [3.05, 3.63) is 105 Å². The zero-order valence-corrected chi connectivity index (χ0v) is 19.7. The first-order valence-corrected chi connectivity index (χ1v) is 11.0. The average molecular weight is 458 g/mol. The molecular weight excluding hydrogens is 430 g/mol. The summed E-state index contributed by atoms with van der Waals surface area (Å²) in [7, 11) is 1.57. The Balaban J connectivity index is 1.47. The second-order valence-electron chi connectivity index (χ2n) is 8.07. The van der Waals surface area contributed by atoms with Crippen molar-refractivity contribution in [1.29, 1.82) is 0 Å². The van der Waals surface area contributed by atoms with E-state index in [1.54, 1.807) is 7.05 Å². The summed E-state index contributed by atoms with van der Waals surface area (Å²) in [6.45, 7) is 6.60. The Hall–Kier alpha value is -4.20. The zero-order chi connectivity index (χ0) is 24.1. The van der Waals surface area contributed by atoms with E-state index in [1.165, 1.54) is 9.36 Å². The SMILES string of the molecule is C/C(=N/OCc1ccccc1)c1ccc(OCc2c(C)cccc2-n2nnn(C)c2=O)c(C)c1. The van der Waals surface area contributed by atoms with Crippen LogP contribution < -0.4 is 10.4 Å². The number of hydrogen-bond acceptors (Lipinski definition) is 6. The third-order valence-corrected chi connectivity index (χ3v) is 5.58. The Labute approximate surface area is 198 Å². The van der Waals surface area contributed by atoms with Crippen molar-refractivity contribution in [3.8, 4) is 11.4 Å². The highest BCUT2D eigenvalue weighted by atomic mass is 16.6. The van der Waals surface area contributed by atoms with Crippen LogP contribution >= 0.6 is 0 Å². The van der Waals surface area contributed by atoms with E-state index in [2.05, 4.69) is 15.6 Å². The van der Waals surface area contributed by atoms with Crippen molar-refractivity contribution in [3.63, 3.8) is 0 Å². The van der Waals surface area contributed by atoms with E-state index in [-0.39, 0.29) is 5.69 Å². The smallest absolute Gasteiger partial charge is 0.368 e. The number of benzene rings is 3. The molecule has 0 saturated heterocycles. The highest BCUT2D eigenvalue weighted by molar-refractivity contribution is 5.98. The normalized spacial score (nSPS) is 11.5. The molecule has 0 radical (unpaired) electrons. The number of nitrogens with zero attached hydrogens (tertiary/aromatic N) is 5. The molecule has 0 unspecified atom stereocenters. The number of rotatable bonds is 8. The number of aromatic nitrogens is 4. The van der Waals surface area contributed by atoms with Gasteiger partial charge in [-0.05, 0) is 77.7 Å². The van der Waals surface area contributed by atoms with Crippen LogP contribution in [0.2, 0.25) is 0 Å². The largest absolute Gasteiger partial charge is 0.489 e. The monoisotopic (exact) mass is 457 g/mol. The summed E-state index contributed by atoms with van der Waals surface area (Å²) < 4.78 is 8.63. The topological polar surface area (TPSA) is 83.5 Å². The summed E-state index contributed by atoms with van der Waals surface area (Å²) in [4.78, 5) is 17.9. The molecule has 0 aliphatic heterocycles. The van der Waals surface area contributed by atoms with E-state index >= 15 is 0 Å². The maximum Gasteiger partial charge on any atom is 0.368 e. The summed E-state index contributed by atoms with van der Waals surface area (Å²) in [6.07, 6.45) is 0. The van der Waals surface area contributed by atoms with Crippen molar-refractivity contribution < 1.29 is 9.57 Å². The first-order chi connectivity index (χ1) is 16.4. The predicted molar refractivity (Wildman–Crippen MR) is 130 cm³/mol. The molecule has 0 aliphatic rings. The number of ether oxygens (including phenoxy) is 1. The molecule has 0 bridgehead atoms. The molecule has 174 valence electrons. The van der Waals surface area contributed by atoms with Crippen molar-refractivity contribution in [2.75, 3.05) is 0 Å². The molecule has 0 aliphatic carbocycles. The van der Waals surface area contributed by atoms with Gasteiger partial charge in [-0.2, -0.15) is 9.36 Å². The van der Waals surface area contributed by atoms with Crippen LogP contribution in [0.15, 0.2) is 76.7 Å². The molecule has 4 rings (SSSR count). The van der Waals surface area contributed by atoms with Crippen molar-refractivity contribution in [2.24, 2.45) is 12.2 Å². The van der Waals surface area contributed by atoms with Crippen molar-refractivity contribution in [1.82, 2.24) is 19.8 Å². The molecule has 1 aromatic heterocycles. The van der Waals surface area contributed by atoms with Gasteiger partial charge in [0.2, 0.25) is 0 Å². The zero-order valence-electron chi connectivity index (χ0n) is 19.7. The van der Waals surface area contributed by atoms with E-state index in [0.717, 1.165) is 39.3 Å². The van der Waals surface area contributed by atoms with E-state index in [9.17, 15) is 4.79 Å². The molecule has 4 aromatic rings. The molecule has 0 atom stereocenters. The number of tetrazole rings is 1. The van der Waals surface area contributed by atoms with E-state index in [1.807, 2.05) is 87.5 Å². The minimum absolute atomic E-state index is 0.290. The van der Waals surface area contributed by atoms with Crippen molar-refractivity contribution in [2.45, 2.75) is 34.0 Å². The minimum Gasteiger partial charge on any atom is -0.489 e. The number of oxime groups is 1. The Kier molecular flexibility index (Phi) is 6.87. The number of aryl methyl sites for hydroxylation is 3. The molecule has 1 heterocycles. The second kappa shape index (κ2) is 10.2. The highest BCUT2D eigenvalue weighted by Crippen LogP contribution is 2.24. The van der Waals surface area contributed by atoms with Crippen LogP contribution in [0.1, 0.15) is 34.7 Å². The van der Waals surface area contributed by atoms with Gasteiger partial charge in [0, 0.05) is 12.6 Å². The Bertz CT molecular complexity index is 1370. The van der Waals surface area contributed by atoms with E-state index in [0.29, 0.717) is 18.9 Å². The lowest BCUT2D eigenvalue weighted by molar-refractivity contribution is 0.130. The fourth-order valence-electron chi connectivity index (χ4n) is 3.55. The molecule has 34 heavy (non-hydrogen) atoms. The average Bonchev–Trinajstić information content (AvgIpc) is 3.17. The summed E-state index contributed by atoms with van der Waals surface area (Å²) in [5.74, 6) is 0.752. The van der Waals surface area contributed by atoms with Crippen LogP contribution in [0.5, 0.6) is 5.75 Å². The maximum atomic E-state index is 12.4. The lowest BCUT2D eigenvalue weighted by atomic mass is 10.1. The summed E-state index contributed by atoms with van der Waals surface area (Å²) in [6, 6.07) is 21.5. The van der Waals surface area contributed by atoms with Gasteiger partial charge in [-0.15, -0.1) is 0 Å². The van der Waals surface area contributed by atoms with Gasteiger partial charge in [-0.1, -0.05) is 47.6 Å². The Morgan fingerprint density at radius 2 is 1.74 bits per heavy atom. The fraction of sp³-hybridized carbons (Fsp3) is 0.231. The lowest BCUT2D eigenvalue weighted by Gasteiger charge is -2.15. The summed E-state index contributed by atoms with van der Waals surface area (Å²) >= 11 is 0. The minimum atomic E-state index is -0.309. The van der Waals surface area contributed by atoms with Crippen molar-refractivity contribution >= 4 is 5.71 Å². The van der Waals surface area contributed by atoms with Crippen LogP contribution in [0.4, 0.5) is 0 Å². The molecule has 0 amide bonds. The van der Waals surface area contributed by atoms with Crippen LogP contribution in [-0.2, 0) is 25.1 Å². The molecule has 0 saturated carbocycles. The second-order valence-corrected chi connectivity index (χ2v) is 8.07. The molecule has 8 heteroatoms. The fourth-order valence-corrected chi connectivity index (χ4v) is 3.55. The lowest BCUT2D eigenvalue weighted by Crippen LogP contribution is -2.23. The van der Waals surface area contributed by atoms with Gasteiger partial charge in [-0.25, -0.2) is 4.79 Å². The van der Waals surface area contributed by atoms with Gasteiger partial charge in [0.05, 0.1) is 11.4 Å².